The van der Waals surface area contributed by atoms with Crippen LogP contribution in [0.1, 0.15) is 31.5 Å². The van der Waals surface area contributed by atoms with Gasteiger partial charge in [0.2, 0.25) is 0 Å². The largest absolute Gasteiger partial charge is 0.489 e. The minimum absolute atomic E-state index is 0.128. The summed E-state index contributed by atoms with van der Waals surface area (Å²) in [6.45, 7) is 7.89. The van der Waals surface area contributed by atoms with Crippen molar-refractivity contribution in [2.45, 2.75) is 39.8 Å². The molecule has 2 aromatic rings. The van der Waals surface area contributed by atoms with Crippen LogP contribution in [-0.4, -0.2) is 30.1 Å². The molecule has 1 heterocycles. The number of nitrogens with zero attached hydrogens (tertiary/aromatic N) is 2. The van der Waals surface area contributed by atoms with Gasteiger partial charge in [-0.1, -0.05) is 13.0 Å². The number of rotatable bonds is 8. The number of aryl methyl sites for hydroxylation is 1. The van der Waals surface area contributed by atoms with Crippen LogP contribution in [-0.2, 0) is 13.0 Å². The number of nitrogens with one attached hydrogen (secondary N) is 2. The number of aromatic nitrogens is 1. The Morgan fingerprint density at radius 3 is 2.88 bits per heavy atom. The van der Waals surface area contributed by atoms with Crippen molar-refractivity contribution in [2.75, 3.05) is 13.1 Å². The number of halogens is 1. The molecule has 0 radical (unpaired) electrons. The maximum absolute atomic E-state index is 13.2. The predicted molar refractivity (Wildman–Crippen MR) is 101 cm³/mol. The van der Waals surface area contributed by atoms with Crippen molar-refractivity contribution in [2.24, 2.45) is 4.99 Å². The summed E-state index contributed by atoms with van der Waals surface area (Å²) in [7, 11) is 0. The Kier molecular flexibility index (Phi) is 7.66. The van der Waals surface area contributed by atoms with Crippen LogP contribution < -0.4 is 15.4 Å². The average molecular weight is 364 g/mol. The molecule has 0 saturated heterocycles. The highest BCUT2D eigenvalue weighted by Gasteiger charge is 2.07. The van der Waals surface area contributed by atoms with Crippen molar-refractivity contribution in [1.29, 1.82) is 0 Å². The Labute approximate surface area is 152 Å². The van der Waals surface area contributed by atoms with Gasteiger partial charge in [0.1, 0.15) is 17.7 Å². The molecule has 2 N–H and O–H groups in total. The fraction of sp³-hybridized carbons (Fsp3) is 0.444. The van der Waals surface area contributed by atoms with Gasteiger partial charge >= 0.3 is 0 Å². The summed E-state index contributed by atoms with van der Waals surface area (Å²) in [6, 6.07) is 6.15. The van der Waals surface area contributed by atoms with E-state index in [1.165, 1.54) is 12.1 Å². The molecule has 0 aliphatic rings. The highest BCUT2D eigenvalue weighted by Crippen LogP contribution is 2.13. The van der Waals surface area contributed by atoms with Gasteiger partial charge in [-0.3, -0.25) is 0 Å². The Morgan fingerprint density at radius 1 is 1.36 bits per heavy atom. The van der Waals surface area contributed by atoms with Crippen molar-refractivity contribution in [3.63, 3.8) is 0 Å². The molecule has 1 aromatic heterocycles. The van der Waals surface area contributed by atoms with Crippen molar-refractivity contribution in [3.05, 3.63) is 46.2 Å². The maximum atomic E-state index is 13.2. The first-order chi connectivity index (χ1) is 12.1. The summed E-state index contributed by atoms with van der Waals surface area (Å²) in [5.41, 5.74) is 0.975. The van der Waals surface area contributed by atoms with Gasteiger partial charge in [0.25, 0.3) is 0 Å². The number of aliphatic imine (C=N–C) groups is 1. The molecule has 0 aliphatic carbocycles. The Hall–Kier alpha value is -2.15. The third-order valence-electron chi connectivity index (χ3n) is 3.34. The first-order valence-corrected chi connectivity index (χ1v) is 9.36. The SMILES string of the molecule is CCNC(=NCc1csc(CC)n1)NCC(C)Oc1cccc(F)c1. The number of hydrogen-bond donors (Lipinski definition) is 2. The third kappa shape index (κ3) is 6.70. The monoisotopic (exact) mass is 364 g/mol. The van der Waals surface area contributed by atoms with Gasteiger partial charge in [-0.25, -0.2) is 14.4 Å². The molecule has 0 spiro atoms. The number of guanidine groups is 1. The van der Waals surface area contributed by atoms with E-state index in [0.29, 0.717) is 24.8 Å². The van der Waals surface area contributed by atoms with Crippen molar-refractivity contribution >= 4 is 17.3 Å². The summed E-state index contributed by atoms with van der Waals surface area (Å²) < 4.78 is 18.9. The zero-order valence-electron chi connectivity index (χ0n) is 14.9. The molecule has 2 rings (SSSR count). The quantitative estimate of drug-likeness (QED) is 0.557. The van der Waals surface area contributed by atoms with Gasteiger partial charge in [0.15, 0.2) is 5.96 Å². The van der Waals surface area contributed by atoms with Crippen LogP contribution in [0.4, 0.5) is 4.39 Å². The van der Waals surface area contributed by atoms with Gasteiger partial charge in [-0.2, -0.15) is 0 Å². The second kappa shape index (κ2) is 9.98. The second-order valence-corrected chi connectivity index (χ2v) is 6.49. The van der Waals surface area contributed by atoms with Gasteiger partial charge in [-0.05, 0) is 32.4 Å². The van der Waals surface area contributed by atoms with Gasteiger partial charge in [-0.15, -0.1) is 11.3 Å². The van der Waals surface area contributed by atoms with E-state index in [1.807, 2.05) is 19.2 Å². The van der Waals surface area contributed by atoms with Crippen molar-refractivity contribution in [3.8, 4) is 5.75 Å². The van der Waals surface area contributed by atoms with Crippen LogP contribution in [0.2, 0.25) is 0 Å². The van der Waals surface area contributed by atoms with E-state index in [0.717, 1.165) is 23.7 Å². The lowest BCUT2D eigenvalue weighted by Crippen LogP contribution is -2.41. The molecule has 136 valence electrons. The molecule has 0 fully saturated rings. The van der Waals surface area contributed by atoms with E-state index in [1.54, 1.807) is 23.5 Å². The van der Waals surface area contributed by atoms with Gasteiger partial charge in [0.05, 0.1) is 23.8 Å². The molecule has 25 heavy (non-hydrogen) atoms. The van der Waals surface area contributed by atoms with E-state index < -0.39 is 0 Å². The smallest absolute Gasteiger partial charge is 0.191 e. The van der Waals surface area contributed by atoms with Gasteiger partial charge in [0, 0.05) is 18.0 Å². The number of benzene rings is 1. The predicted octanol–water partition coefficient (Wildman–Crippen LogP) is 3.37. The first kappa shape index (κ1) is 19.2. The third-order valence-corrected chi connectivity index (χ3v) is 4.38. The summed E-state index contributed by atoms with van der Waals surface area (Å²) in [5.74, 6) is 0.927. The summed E-state index contributed by atoms with van der Waals surface area (Å²) in [5, 5.41) is 9.61. The molecule has 1 unspecified atom stereocenters. The van der Waals surface area contributed by atoms with E-state index in [9.17, 15) is 4.39 Å². The number of ether oxygens (including phenoxy) is 1. The van der Waals surface area contributed by atoms with E-state index >= 15 is 0 Å². The molecule has 1 aromatic carbocycles. The molecular weight excluding hydrogens is 339 g/mol. The Bertz CT molecular complexity index is 689. The summed E-state index contributed by atoms with van der Waals surface area (Å²) in [4.78, 5) is 9.06. The highest BCUT2D eigenvalue weighted by molar-refractivity contribution is 7.09. The molecule has 1 atom stereocenters. The van der Waals surface area contributed by atoms with Crippen LogP contribution in [0.15, 0.2) is 34.6 Å². The molecule has 5 nitrogen and oxygen atoms in total. The number of hydrogen-bond acceptors (Lipinski definition) is 4. The van der Waals surface area contributed by atoms with Gasteiger partial charge < -0.3 is 15.4 Å². The second-order valence-electron chi connectivity index (χ2n) is 5.55. The normalized spacial score (nSPS) is 12.7. The Balaban J connectivity index is 1.86. The zero-order valence-corrected chi connectivity index (χ0v) is 15.7. The maximum Gasteiger partial charge on any atom is 0.191 e. The average Bonchev–Trinajstić information content (AvgIpc) is 3.05. The van der Waals surface area contributed by atoms with Crippen LogP contribution in [0.5, 0.6) is 5.75 Å². The standard InChI is InChI=1S/C18H25FN4OS/c1-4-17-23-15(12-25-17)11-22-18(20-5-2)21-10-13(3)24-16-8-6-7-14(19)9-16/h6-9,12-13H,4-5,10-11H2,1-3H3,(H2,20,21,22). The molecule has 0 aliphatic heterocycles. The molecular formula is C18H25FN4OS. The lowest BCUT2D eigenvalue weighted by atomic mass is 10.3. The number of thiazole rings is 1. The Morgan fingerprint density at radius 2 is 2.20 bits per heavy atom. The molecule has 0 bridgehead atoms. The van der Waals surface area contributed by atoms with E-state index in [-0.39, 0.29) is 11.9 Å². The van der Waals surface area contributed by atoms with Crippen LogP contribution >= 0.6 is 11.3 Å². The van der Waals surface area contributed by atoms with Crippen LogP contribution in [0.3, 0.4) is 0 Å². The molecule has 7 heteroatoms. The lowest BCUT2D eigenvalue weighted by molar-refractivity contribution is 0.223. The highest BCUT2D eigenvalue weighted by atomic mass is 32.1. The van der Waals surface area contributed by atoms with E-state index in [2.05, 4.69) is 27.5 Å². The fourth-order valence-electron chi connectivity index (χ4n) is 2.14. The minimum atomic E-state index is -0.303. The topological polar surface area (TPSA) is 58.5 Å². The van der Waals surface area contributed by atoms with Crippen molar-refractivity contribution in [1.82, 2.24) is 15.6 Å². The summed E-state index contributed by atoms with van der Waals surface area (Å²) >= 11 is 1.66. The first-order valence-electron chi connectivity index (χ1n) is 8.48. The van der Waals surface area contributed by atoms with Crippen LogP contribution in [0, 0.1) is 5.82 Å². The van der Waals surface area contributed by atoms with Crippen molar-refractivity contribution < 1.29 is 9.13 Å². The fourth-order valence-corrected chi connectivity index (χ4v) is 2.88. The van der Waals surface area contributed by atoms with Crippen LogP contribution in [0.25, 0.3) is 0 Å². The lowest BCUT2D eigenvalue weighted by Gasteiger charge is -2.17. The minimum Gasteiger partial charge on any atom is -0.489 e. The molecule has 0 saturated carbocycles. The van der Waals surface area contributed by atoms with E-state index in [4.69, 9.17) is 4.74 Å². The molecule has 0 amide bonds. The zero-order chi connectivity index (χ0) is 18.1. The summed E-state index contributed by atoms with van der Waals surface area (Å²) in [6.07, 6.45) is 0.818.